The zero-order valence-electron chi connectivity index (χ0n) is 11.3. The van der Waals surface area contributed by atoms with E-state index in [9.17, 15) is 4.79 Å². The Morgan fingerprint density at radius 2 is 2.00 bits per heavy atom. The number of benzene rings is 1. The lowest BCUT2D eigenvalue weighted by atomic mass is 10.1. The number of nitrogens with one attached hydrogen (secondary N) is 1. The van der Waals surface area contributed by atoms with E-state index in [4.69, 9.17) is 27.9 Å². The summed E-state index contributed by atoms with van der Waals surface area (Å²) in [5.74, 6) is 0.164. The number of rotatable bonds is 6. The second-order valence-corrected chi connectivity index (χ2v) is 5.85. The van der Waals surface area contributed by atoms with Gasteiger partial charge in [0.05, 0.1) is 22.8 Å². The topological polar surface area (TPSA) is 38.3 Å². The first-order chi connectivity index (χ1) is 9.65. The van der Waals surface area contributed by atoms with Crippen LogP contribution in [0.3, 0.4) is 0 Å². The quantitative estimate of drug-likeness (QED) is 0.875. The highest BCUT2D eigenvalue weighted by Crippen LogP contribution is 2.23. The van der Waals surface area contributed by atoms with Gasteiger partial charge in [0, 0.05) is 12.8 Å². The van der Waals surface area contributed by atoms with Crippen molar-refractivity contribution in [3.8, 4) is 0 Å². The summed E-state index contributed by atoms with van der Waals surface area (Å²) in [6.45, 7) is 2.51. The molecule has 0 aliphatic carbocycles. The van der Waals surface area contributed by atoms with Gasteiger partial charge in [0.25, 0.3) is 0 Å². The number of hydrogen-bond acceptors (Lipinski definition) is 3. The molecule has 3 nitrogen and oxygen atoms in total. The van der Waals surface area contributed by atoms with Crippen LogP contribution in [-0.4, -0.2) is 31.6 Å². The Morgan fingerprint density at radius 3 is 2.70 bits per heavy atom. The first-order valence-electron chi connectivity index (χ1n) is 6.93. The molecular weight excluding hydrogens is 297 g/mol. The lowest BCUT2D eigenvalue weighted by molar-refractivity contribution is -0.120. The van der Waals surface area contributed by atoms with Crippen molar-refractivity contribution in [2.45, 2.75) is 31.8 Å². The van der Waals surface area contributed by atoms with Crippen LogP contribution in [0.25, 0.3) is 0 Å². The summed E-state index contributed by atoms with van der Waals surface area (Å²) in [6.07, 6.45) is 3.19. The SMILES string of the molecule is O=C(CCOC1CCNCC1)Cc1ccc(Cl)c(Cl)c1. The second kappa shape index (κ2) is 7.99. The van der Waals surface area contributed by atoms with Crippen LogP contribution in [0.4, 0.5) is 0 Å². The molecule has 1 saturated heterocycles. The first kappa shape index (κ1) is 15.8. The van der Waals surface area contributed by atoms with Crippen molar-refractivity contribution in [1.82, 2.24) is 5.32 Å². The standard InChI is InChI=1S/C15H19Cl2NO2/c16-14-2-1-11(10-15(14)17)9-12(19)5-8-20-13-3-6-18-7-4-13/h1-2,10,13,18H,3-9H2. The van der Waals surface area contributed by atoms with Crippen LogP contribution < -0.4 is 5.32 Å². The van der Waals surface area contributed by atoms with Gasteiger partial charge in [-0.1, -0.05) is 29.3 Å². The third-order valence-electron chi connectivity index (χ3n) is 3.41. The molecule has 0 unspecified atom stereocenters. The summed E-state index contributed by atoms with van der Waals surface area (Å²) in [4.78, 5) is 11.9. The number of ketones is 1. The predicted molar refractivity (Wildman–Crippen MR) is 81.6 cm³/mol. The van der Waals surface area contributed by atoms with E-state index in [0.717, 1.165) is 31.5 Å². The van der Waals surface area contributed by atoms with Gasteiger partial charge in [-0.25, -0.2) is 0 Å². The molecule has 1 fully saturated rings. The van der Waals surface area contributed by atoms with E-state index in [1.54, 1.807) is 12.1 Å². The van der Waals surface area contributed by atoms with Crippen LogP contribution in [0.2, 0.25) is 10.0 Å². The molecule has 0 radical (unpaired) electrons. The van der Waals surface area contributed by atoms with Crippen LogP contribution in [0.5, 0.6) is 0 Å². The molecule has 1 aliphatic heterocycles. The van der Waals surface area contributed by atoms with Crippen LogP contribution >= 0.6 is 23.2 Å². The second-order valence-electron chi connectivity index (χ2n) is 5.03. The largest absolute Gasteiger partial charge is 0.378 e. The smallest absolute Gasteiger partial charge is 0.139 e. The van der Waals surface area contributed by atoms with Crippen LogP contribution in [0, 0.1) is 0 Å². The number of hydrogen-bond donors (Lipinski definition) is 1. The highest BCUT2D eigenvalue weighted by molar-refractivity contribution is 6.42. The van der Waals surface area contributed by atoms with E-state index in [2.05, 4.69) is 5.32 Å². The van der Waals surface area contributed by atoms with E-state index in [1.165, 1.54) is 0 Å². The van der Waals surface area contributed by atoms with E-state index < -0.39 is 0 Å². The average Bonchev–Trinajstić information content (AvgIpc) is 2.44. The summed E-state index contributed by atoms with van der Waals surface area (Å²) in [5.41, 5.74) is 0.895. The summed E-state index contributed by atoms with van der Waals surface area (Å²) < 4.78 is 5.73. The minimum atomic E-state index is 0.164. The lowest BCUT2D eigenvalue weighted by Gasteiger charge is -2.22. The maximum Gasteiger partial charge on any atom is 0.139 e. The van der Waals surface area contributed by atoms with Gasteiger partial charge in [-0.3, -0.25) is 4.79 Å². The van der Waals surface area contributed by atoms with Gasteiger partial charge >= 0.3 is 0 Å². The molecule has 1 heterocycles. The molecule has 0 spiro atoms. The lowest BCUT2D eigenvalue weighted by Crippen LogP contribution is -2.32. The van der Waals surface area contributed by atoms with Gasteiger partial charge in [0.1, 0.15) is 5.78 Å². The molecular formula is C15H19Cl2NO2. The first-order valence-corrected chi connectivity index (χ1v) is 7.68. The van der Waals surface area contributed by atoms with Crippen molar-refractivity contribution in [3.05, 3.63) is 33.8 Å². The summed E-state index contributed by atoms with van der Waals surface area (Å²) in [7, 11) is 0. The molecule has 0 bridgehead atoms. The van der Waals surface area contributed by atoms with Gasteiger partial charge in [-0.05, 0) is 43.6 Å². The zero-order valence-corrected chi connectivity index (χ0v) is 12.8. The minimum Gasteiger partial charge on any atom is -0.378 e. The molecule has 1 N–H and O–H groups in total. The zero-order chi connectivity index (χ0) is 14.4. The maximum absolute atomic E-state index is 11.9. The molecule has 110 valence electrons. The van der Waals surface area contributed by atoms with Gasteiger partial charge in [-0.15, -0.1) is 0 Å². The Bertz CT molecular complexity index is 459. The van der Waals surface area contributed by atoms with Crippen molar-refractivity contribution >= 4 is 29.0 Å². The third-order valence-corrected chi connectivity index (χ3v) is 4.14. The Kier molecular flexibility index (Phi) is 6.30. The number of piperidine rings is 1. The van der Waals surface area contributed by atoms with E-state index >= 15 is 0 Å². The van der Waals surface area contributed by atoms with Crippen molar-refractivity contribution in [1.29, 1.82) is 0 Å². The molecule has 5 heteroatoms. The Balaban J connectivity index is 1.70. The Labute approximate surface area is 129 Å². The summed E-state index contributed by atoms with van der Waals surface area (Å²) >= 11 is 11.8. The van der Waals surface area contributed by atoms with Crippen LogP contribution in [0.1, 0.15) is 24.8 Å². The summed E-state index contributed by atoms with van der Waals surface area (Å²) in [5, 5.41) is 4.29. The van der Waals surface area contributed by atoms with E-state index in [-0.39, 0.29) is 5.78 Å². The molecule has 0 aromatic heterocycles. The molecule has 1 aromatic rings. The van der Waals surface area contributed by atoms with Crippen molar-refractivity contribution in [2.24, 2.45) is 0 Å². The number of carbonyl (C=O) groups excluding carboxylic acids is 1. The molecule has 2 rings (SSSR count). The highest BCUT2D eigenvalue weighted by atomic mass is 35.5. The molecule has 1 aromatic carbocycles. The maximum atomic E-state index is 11.9. The minimum absolute atomic E-state index is 0.164. The Morgan fingerprint density at radius 1 is 1.25 bits per heavy atom. The van der Waals surface area contributed by atoms with Gasteiger partial charge in [0.2, 0.25) is 0 Å². The van der Waals surface area contributed by atoms with Crippen molar-refractivity contribution < 1.29 is 9.53 Å². The number of Topliss-reactive ketones (excluding diaryl/α,β-unsaturated/α-hetero) is 1. The van der Waals surface area contributed by atoms with E-state index in [0.29, 0.717) is 35.6 Å². The fraction of sp³-hybridized carbons (Fsp3) is 0.533. The average molecular weight is 316 g/mol. The van der Waals surface area contributed by atoms with Gasteiger partial charge in [-0.2, -0.15) is 0 Å². The van der Waals surface area contributed by atoms with Gasteiger partial charge < -0.3 is 10.1 Å². The van der Waals surface area contributed by atoms with Crippen LogP contribution in [-0.2, 0) is 16.0 Å². The molecule has 1 aliphatic rings. The van der Waals surface area contributed by atoms with Crippen molar-refractivity contribution in [2.75, 3.05) is 19.7 Å². The van der Waals surface area contributed by atoms with E-state index in [1.807, 2.05) is 6.07 Å². The molecule has 0 saturated carbocycles. The Hall–Kier alpha value is -0.610. The molecule has 0 atom stereocenters. The van der Waals surface area contributed by atoms with Crippen molar-refractivity contribution in [3.63, 3.8) is 0 Å². The van der Waals surface area contributed by atoms with Gasteiger partial charge in [0.15, 0.2) is 0 Å². The summed E-state index contributed by atoms with van der Waals surface area (Å²) in [6, 6.07) is 5.30. The fourth-order valence-electron chi connectivity index (χ4n) is 2.27. The number of halogens is 2. The predicted octanol–water partition coefficient (Wildman–Crippen LogP) is 3.26. The molecule has 0 amide bonds. The number of ether oxygens (including phenoxy) is 1. The third kappa shape index (κ3) is 5.06. The highest BCUT2D eigenvalue weighted by Gasteiger charge is 2.13. The molecule has 20 heavy (non-hydrogen) atoms. The van der Waals surface area contributed by atoms with Crippen LogP contribution in [0.15, 0.2) is 18.2 Å². The normalized spacial score (nSPS) is 16.3. The monoisotopic (exact) mass is 315 g/mol. The fourth-order valence-corrected chi connectivity index (χ4v) is 2.59. The number of carbonyl (C=O) groups is 1.